The number of nitrogens with one attached hydrogen (secondary N) is 1. The molecule has 2 aromatic rings. The van der Waals surface area contributed by atoms with Crippen molar-refractivity contribution < 1.29 is 14.4 Å². The fourth-order valence-corrected chi connectivity index (χ4v) is 4.22. The fraction of sp³-hybridized carbons (Fsp3) is 0.423. The lowest BCUT2D eigenvalue weighted by Crippen LogP contribution is -2.50. The minimum atomic E-state index is -0.128. The van der Waals surface area contributed by atoms with Crippen molar-refractivity contribution in [2.75, 3.05) is 51.1 Å². The van der Waals surface area contributed by atoms with Gasteiger partial charge < -0.3 is 15.1 Å². The molecular weight excluding hydrogens is 416 g/mol. The molecule has 0 saturated carbocycles. The lowest BCUT2D eigenvalue weighted by molar-refractivity contribution is -0.117. The van der Waals surface area contributed by atoms with E-state index in [0.29, 0.717) is 50.5 Å². The zero-order valence-electron chi connectivity index (χ0n) is 20.1. The quantitative estimate of drug-likeness (QED) is 0.703. The van der Waals surface area contributed by atoms with Gasteiger partial charge in [-0.3, -0.25) is 19.3 Å². The van der Waals surface area contributed by atoms with Crippen LogP contribution in [0.4, 0.5) is 5.69 Å². The summed E-state index contributed by atoms with van der Waals surface area (Å²) in [4.78, 5) is 43.7. The number of rotatable bonds is 7. The van der Waals surface area contributed by atoms with Crippen molar-refractivity contribution in [3.63, 3.8) is 0 Å². The first-order valence-electron chi connectivity index (χ1n) is 11.6. The number of carbonyl (C=O) groups is 3. The normalized spacial score (nSPS) is 14.1. The Kier molecular flexibility index (Phi) is 8.22. The minimum Gasteiger partial charge on any atom is -0.339 e. The highest BCUT2D eigenvalue weighted by Crippen LogP contribution is 2.15. The Morgan fingerprint density at radius 2 is 1.52 bits per heavy atom. The number of hydrogen-bond donors (Lipinski definition) is 1. The van der Waals surface area contributed by atoms with E-state index in [1.165, 1.54) is 0 Å². The van der Waals surface area contributed by atoms with Crippen LogP contribution in [0, 0.1) is 13.8 Å². The third kappa shape index (κ3) is 6.42. The number of aryl methyl sites for hydroxylation is 2. The maximum absolute atomic E-state index is 12.8. The first-order chi connectivity index (χ1) is 15.8. The van der Waals surface area contributed by atoms with Crippen LogP contribution in [0.2, 0.25) is 0 Å². The largest absolute Gasteiger partial charge is 0.339 e. The van der Waals surface area contributed by atoms with Crippen LogP contribution in [-0.2, 0) is 4.79 Å². The van der Waals surface area contributed by atoms with Crippen LogP contribution in [-0.4, -0.2) is 78.2 Å². The Balaban J connectivity index is 1.52. The maximum atomic E-state index is 12.8. The lowest BCUT2D eigenvalue weighted by atomic mass is 10.1. The Labute approximate surface area is 196 Å². The van der Waals surface area contributed by atoms with E-state index < -0.39 is 0 Å². The monoisotopic (exact) mass is 450 g/mol. The highest BCUT2D eigenvalue weighted by Gasteiger charge is 2.23. The van der Waals surface area contributed by atoms with Gasteiger partial charge in [-0.1, -0.05) is 23.3 Å². The van der Waals surface area contributed by atoms with E-state index in [1.807, 2.05) is 49.6 Å². The number of benzene rings is 2. The number of hydrogen-bond acceptors (Lipinski definition) is 4. The molecule has 1 N–H and O–H groups in total. The molecule has 0 aliphatic carbocycles. The topological polar surface area (TPSA) is 73.0 Å². The number of anilines is 1. The van der Waals surface area contributed by atoms with Crippen molar-refractivity contribution in [1.82, 2.24) is 14.7 Å². The molecule has 0 bridgehead atoms. The van der Waals surface area contributed by atoms with Crippen molar-refractivity contribution >= 4 is 23.4 Å². The summed E-state index contributed by atoms with van der Waals surface area (Å²) < 4.78 is 0. The van der Waals surface area contributed by atoms with Gasteiger partial charge in [-0.05, 0) is 58.0 Å². The summed E-state index contributed by atoms with van der Waals surface area (Å²) >= 11 is 0. The van der Waals surface area contributed by atoms with Gasteiger partial charge in [-0.2, -0.15) is 0 Å². The predicted molar refractivity (Wildman–Crippen MR) is 131 cm³/mol. The first kappa shape index (κ1) is 24.5. The molecule has 7 heteroatoms. The van der Waals surface area contributed by atoms with E-state index in [1.54, 1.807) is 29.2 Å². The minimum absolute atomic E-state index is 0.0410. The summed E-state index contributed by atoms with van der Waals surface area (Å²) in [6.07, 6.45) is 0. The fourth-order valence-electron chi connectivity index (χ4n) is 4.22. The molecular formula is C26H34N4O3. The van der Waals surface area contributed by atoms with E-state index in [-0.39, 0.29) is 24.3 Å². The van der Waals surface area contributed by atoms with Crippen molar-refractivity contribution in [2.45, 2.75) is 27.7 Å². The van der Waals surface area contributed by atoms with Crippen molar-refractivity contribution in [3.05, 3.63) is 64.7 Å². The van der Waals surface area contributed by atoms with E-state index in [2.05, 4.69) is 11.4 Å². The predicted octanol–water partition coefficient (Wildman–Crippen LogP) is 3.18. The molecule has 0 unspecified atom stereocenters. The standard InChI is InChI=1S/C26H34N4O3/c1-5-29(6-2)25(32)21-8-7-9-23(17-21)27-24(31)18-28-10-12-30(13-11-28)26(33)22-15-19(3)14-20(4)16-22/h7-9,14-17H,5-6,10-13,18H2,1-4H3,(H,27,31). The Hall–Kier alpha value is -3.19. The Bertz CT molecular complexity index is 988. The van der Waals surface area contributed by atoms with Gasteiger partial charge in [0.2, 0.25) is 5.91 Å². The Morgan fingerprint density at radius 3 is 2.12 bits per heavy atom. The van der Waals surface area contributed by atoms with Crippen LogP contribution in [0.1, 0.15) is 45.7 Å². The van der Waals surface area contributed by atoms with Crippen LogP contribution in [0.15, 0.2) is 42.5 Å². The second-order valence-corrected chi connectivity index (χ2v) is 8.55. The summed E-state index contributed by atoms with van der Waals surface area (Å²) in [5, 5.41) is 2.90. The third-order valence-corrected chi connectivity index (χ3v) is 5.94. The lowest BCUT2D eigenvalue weighted by Gasteiger charge is -2.34. The smallest absolute Gasteiger partial charge is 0.253 e. The van der Waals surface area contributed by atoms with E-state index >= 15 is 0 Å². The molecule has 1 aliphatic rings. The molecule has 33 heavy (non-hydrogen) atoms. The SMILES string of the molecule is CCN(CC)C(=O)c1cccc(NC(=O)CN2CCN(C(=O)c3cc(C)cc(C)c3)CC2)c1. The van der Waals surface area contributed by atoms with Crippen LogP contribution >= 0.6 is 0 Å². The van der Waals surface area contributed by atoms with Crippen LogP contribution in [0.25, 0.3) is 0 Å². The second-order valence-electron chi connectivity index (χ2n) is 8.55. The zero-order valence-corrected chi connectivity index (χ0v) is 20.1. The van der Waals surface area contributed by atoms with Crippen molar-refractivity contribution in [2.24, 2.45) is 0 Å². The van der Waals surface area contributed by atoms with E-state index in [9.17, 15) is 14.4 Å². The summed E-state index contributed by atoms with van der Waals surface area (Å²) in [5.74, 6) is -0.127. The van der Waals surface area contributed by atoms with Crippen LogP contribution in [0.3, 0.4) is 0 Å². The molecule has 7 nitrogen and oxygen atoms in total. The second kappa shape index (κ2) is 11.1. The molecule has 3 amide bonds. The van der Waals surface area contributed by atoms with Crippen LogP contribution in [0.5, 0.6) is 0 Å². The first-order valence-corrected chi connectivity index (χ1v) is 11.6. The van der Waals surface area contributed by atoms with Crippen molar-refractivity contribution in [1.29, 1.82) is 0 Å². The van der Waals surface area contributed by atoms with Gasteiger partial charge in [-0.25, -0.2) is 0 Å². The molecule has 2 aromatic carbocycles. The Morgan fingerprint density at radius 1 is 0.879 bits per heavy atom. The molecule has 1 heterocycles. The van der Waals surface area contributed by atoms with Gasteiger partial charge >= 0.3 is 0 Å². The summed E-state index contributed by atoms with van der Waals surface area (Å²) in [6.45, 7) is 11.9. The highest BCUT2D eigenvalue weighted by atomic mass is 16.2. The molecule has 1 saturated heterocycles. The molecule has 0 spiro atoms. The molecule has 1 fully saturated rings. The number of nitrogens with zero attached hydrogens (tertiary/aromatic N) is 3. The molecule has 0 aromatic heterocycles. The molecule has 0 atom stereocenters. The average Bonchev–Trinajstić information content (AvgIpc) is 2.79. The van der Waals surface area contributed by atoms with Gasteiger partial charge in [0.1, 0.15) is 0 Å². The molecule has 176 valence electrons. The summed E-state index contributed by atoms with van der Waals surface area (Å²) in [5.41, 5.74) is 4.06. The number of carbonyl (C=O) groups excluding carboxylic acids is 3. The molecule has 1 aliphatic heterocycles. The van der Waals surface area contributed by atoms with Crippen molar-refractivity contribution in [3.8, 4) is 0 Å². The van der Waals surface area contributed by atoms with Gasteiger partial charge in [0.05, 0.1) is 6.54 Å². The number of piperazine rings is 1. The number of amides is 3. The summed E-state index contributed by atoms with van der Waals surface area (Å²) in [7, 11) is 0. The van der Waals surface area contributed by atoms with Gasteiger partial charge in [-0.15, -0.1) is 0 Å². The third-order valence-electron chi connectivity index (χ3n) is 5.94. The molecule has 3 rings (SSSR count). The van der Waals surface area contributed by atoms with E-state index in [0.717, 1.165) is 16.7 Å². The molecule has 0 radical (unpaired) electrons. The zero-order chi connectivity index (χ0) is 24.0. The average molecular weight is 451 g/mol. The van der Waals surface area contributed by atoms with Gasteiger partial charge in [0, 0.05) is 56.1 Å². The summed E-state index contributed by atoms with van der Waals surface area (Å²) in [6, 6.07) is 13.0. The van der Waals surface area contributed by atoms with Gasteiger partial charge in [0.25, 0.3) is 11.8 Å². The van der Waals surface area contributed by atoms with Gasteiger partial charge in [0.15, 0.2) is 0 Å². The van der Waals surface area contributed by atoms with E-state index in [4.69, 9.17) is 0 Å². The highest BCUT2D eigenvalue weighted by molar-refractivity contribution is 5.97. The van der Waals surface area contributed by atoms with Crippen LogP contribution < -0.4 is 5.32 Å². The maximum Gasteiger partial charge on any atom is 0.253 e.